The van der Waals surface area contributed by atoms with Crippen LogP contribution in [0.1, 0.15) is 38.8 Å². The number of anilines is 1. The van der Waals surface area contributed by atoms with Crippen molar-refractivity contribution in [2.24, 2.45) is 0 Å². The van der Waals surface area contributed by atoms with Gasteiger partial charge in [0, 0.05) is 17.1 Å². The lowest BCUT2D eigenvalue weighted by Gasteiger charge is -2.33. The van der Waals surface area contributed by atoms with Crippen LogP contribution in [0.15, 0.2) is 77.7 Å². The third-order valence-electron chi connectivity index (χ3n) is 6.06. The van der Waals surface area contributed by atoms with Gasteiger partial charge in [0.1, 0.15) is 12.6 Å². The van der Waals surface area contributed by atoms with Crippen LogP contribution in [0.25, 0.3) is 0 Å². The molecule has 0 fully saturated rings. The lowest BCUT2D eigenvalue weighted by molar-refractivity contribution is -0.140. The number of nitrogens with zero attached hydrogens (tertiary/aromatic N) is 2. The van der Waals surface area contributed by atoms with E-state index in [1.54, 1.807) is 51.1 Å². The first-order chi connectivity index (χ1) is 19.4. The maximum absolute atomic E-state index is 13.9. The smallest absolute Gasteiger partial charge is 0.350 e. The number of sulfonamides is 1. The van der Waals surface area contributed by atoms with Crippen LogP contribution in [0, 0.1) is 0 Å². The molecule has 0 heterocycles. The van der Waals surface area contributed by atoms with E-state index in [-0.39, 0.29) is 16.5 Å². The highest BCUT2D eigenvalue weighted by molar-refractivity contribution is 7.92. The van der Waals surface area contributed by atoms with Gasteiger partial charge in [0.05, 0.1) is 21.2 Å². The third-order valence-corrected chi connectivity index (χ3v) is 8.39. The second-order valence-electron chi connectivity index (χ2n) is 10.6. The van der Waals surface area contributed by atoms with Crippen molar-refractivity contribution >= 4 is 50.7 Å². The quantitative estimate of drug-likeness (QED) is 0.287. The van der Waals surface area contributed by atoms with Crippen molar-refractivity contribution in [3.63, 3.8) is 0 Å². The highest BCUT2D eigenvalue weighted by atomic mass is 35.5. The minimum absolute atomic E-state index is 0.145. The van der Waals surface area contributed by atoms with E-state index in [4.69, 9.17) is 23.2 Å². The van der Waals surface area contributed by atoms with Gasteiger partial charge in [0.2, 0.25) is 11.8 Å². The van der Waals surface area contributed by atoms with Gasteiger partial charge in [-0.2, -0.15) is 13.2 Å². The van der Waals surface area contributed by atoms with Crippen LogP contribution < -0.4 is 9.62 Å². The molecule has 2 amide bonds. The van der Waals surface area contributed by atoms with Gasteiger partial charge >= 0.3 is 6.18 Å². The molecule has 0 radical (unpaired) electrons. The van der Waals surface area contributed by atoms with E-state index < -0.39 is 57.4 Å². The summed E-state index contributed by atoms with van der Waals surface area (Å²) in [5.41, 5.74) is -1.81. The van der Waals surface area contributed by atoms with Crippen molar-refractivity contribution in [2.45, 2.75) is 56.9 Å². The third kappa shape index (κ3) is 8.39. The van der Waals surface area contributed by atoms with E-state index in [2.05, 4.69) is 5.32 Å². The molecule has 226 valence electrons. The summed E-state index contributed by atoms with van der Waals surface area (Å²) >= 11 is 12.4. The van der Waals surface area contributed by atoms with Gasteiger partial charge in [-0.05, 0) is 75.7 Å². The Morgan fingerprint density at radius 2 is 1.57 bits per heavy atom. The van der Waals surface area contributed by atoms with Crippen LogP contribution in [0.5, 0.6) is 0 Å². The summed E-state index contributed by atoms with van der Waals surface area (Å²) < 4.78 is 69.1. The van der Waals surface area contributed by atoms with Crippen LogP contribution in [-0.4, -0.2) is 43.3 Å². The summed E-state index contributed by atoms with van der Waals surface area (Å²) in [7, 11) is -4.61. The summed E-state index contributed by atoms with van der Waals surface area (Å²) in [5, 5.41) is 2.84. The molecule has 1 N–H and O–H groups in total. The fraction of sp³-hybridized carbons (Fsp3) is 0.310. The van der Waals surface area contributed by atoms with Gasteiger partial charge in [0.15, 0.2) is 0 Å². The second kappa shape index (κ2) is 12.9. The molecular weight excluding hydrogens is 614 g/mol. The Morgan fingerprint density at radius 3 is 2.14 bits per heavy atom. The molecule has 0 spiro atoms. The number of carbonyl (C=O) groups excluding carboxylic acids is 2. The lowest BCUT2D eigenvalue weighted by Crippen LogP contribution is -2.54. The normalized spacial score (nSPS) is 12.9. The predicted octanol–water partition coefficient (Wildman–Crippen LogP) is 6.54. The average Bonchev–Trinajstić information content (AvgIpc) is 2.89. The molecule has 3 aromatic rings. The second-order valence-corrected chi connectivity index (χ2v) is 13.3. The Morgan fingerprint density at radius 1 is 0.929 bits per heavy atom. The summed E-state index contributed by atoms with van der Waals surface area (Å²) in [5.74, 6) is -1.38. The zero-order chi connectivity index (χ0) is 31.5. The zero-order valence-electron chi connectivity index (χ0n) is 23.2. The first-order valence-corrected chi connectivity index (χ1v) is 14.9. The Kier molecular flexibility index (Phi) is 10.2. The van der Waals surface area contributed by atoms with Gasteiger partial charge in [-0.25, -0.2) is 8.42 Å². The highest BCUT2D eigenvalue weighted by Crippen LogP contribution is 2.37. The molecule has 1 atom stereocenters. The number of amides is 2. The molecule has 0 aliphatic heterocycles. The maximum atomic E-state index is 13.9. The summed E-state index contributed by atoms with van der Waals surface area (Å²) in [6.45, 7) is 5.64. The van der Waals surface area contributed by atoms with Gasteiger partial charge in [-0.3, -0.25) is 13.9 Å². The lowest BCUT2D eigenvalue weighted by atomic mass is 10.1. The number of hydrogen-bond acceptors (Lipinski definition) is 4. The Hall–Kier alpha value is -3.28. The van der Waals surface area contributed by atoms with E-state index in [0.717, 1.165) is 11.0 Å². The number of benzene rings is 3. The van der Waals surface area contributed by atoms with Gasteiger partial charge in [-0.1, -0.05) is 53.5 Å². The van der Waals surface area contributed by atoms with Crippen LogP contribution in [-0.2, 0) is 32.3 Å². The number of alkyl halides is 3. The van der Waals surface area contributed by atoms with Gasteiger partial charge < -0.3 is 10.2 Å². The maximum Gasteiger partial charge on any atom is 0.416 e. The molecule has 0 aliphatic carbocycles. The number of carbonyl (C=O) groups is 2. The highest BCUT2D eigenvalue weighted by Gasteiger charge is 2.36. The van der Waals surface area contributed by atoms with E-state index >= 15 is 0 Å². The zero-order valence-corrected chi connectivity index (χ0v) is 25.6. The standard InChI is InChI=1S/C29H30Cl2F3N3O4S/c1-19(27(39)35-28(2,3)4)36(17-20-9-8-10-22(30)15-20)26(38)18-37(42(40,41)23-11-6-5-7-12-23)25-16-21(29(32,33)34)13-14-24(25)31/h5-16,19H,17-18H2,1-4H3,(H,35,39)/t19-/m1/s1. The van der Waals surface area contributed by atoms with Crippen molar-refractivity contribution in [2.75, 3.05) is 10.8 Å². The minimum Gasteiger partial charge on any atom is -0.350 e. The van der Waals surface area contributed by atoms with Gasteiger partial charge in [-0.15, -0.1) is 0 Å². The number of hydrogen-bond donors (Lipinski definition) is 1. The van der Waals surface area contributed by atoms with Crippen molar-refractivity contribution in [3.8, 4) is 0 Å². The van der Waals surface area contributed by atoms with Crippen LogP contribution in [0.3, 0.4) is 0 Å². The van der Waals surface area contributed by atoms with Crippen molar-refractivity contribution in [1.29, 1.82) is 0 Å². The first kappa shape index (κ1) is 33.2. The Bertz CT molecular complexity index is 1550. The SMILES string of the molecule is C[C@H](C(=O)NC(C)(C)C)N(Cc1cccc(Cl)c1)C(=O)CN(c1cc(C(F)(F)F)ccc1Cl)S(=O)(=O)c1ccccc1. The van der Waals surface area contributed by atoms with Crippen LogP contribution in [0.2, 0.25) is 10.0 Å². The fourth-order valence-electron chi connectivity index (χ4n) is 4.00. The van der Waals surface area contributed by atoms with Gasteiger partial charge in [0.25, 0.3) is 10.0 Å². The molecular formula is C29H30Cl2F3N3O4S. The average molecular weight is 645 g/mol. The summed E-state index contributed by atoms with van der Waals surface area (Å²) in [4.78, 5) is 27.9. The largest absolute Gasteiger partial charge is 0.416 e. The first-order valence-electron chi connectivity index (χ1n) is 12.7. The molecule has 0 aliphatic rings. The number of nitrogens with one attached hydrogen (secondary N) is 1. The topological polar surface area (TPSA) is 86.8 Å². The molecule has 0 saturated heterocycles. The summed E-state index contributed by atoms with van der Waals surface area (Å²) in [6.07, 6.45) is -4.82. The Balaban J connectivity index is 2.14. The number of halogens is 5. The molecule has 3 rings (SSSR count). The van der Waals surface area contributed by atoms with E-state index in [1.807, 2.05) is 0 Å². The van der Waals surface area contributed by atoms with Crippen LogP contribution >= 0.6 is 23.2 Å². The molecule has 0 unspecified atom stereocenters. The molecule has 13 heteroatoms. The predicted molar refractivity (Wildman–Crippen MR) is 157 cm³/mol. The fourth-order valence-corrected chi connectivity index (χ4v) is 5.93. The number of rotatable bonds is 9. The van der Waals surface area contributed by atoms with Crippen molar-refractivity contribution in [3.05, 3.63) is 94.0 Å². The van der Waals surface area contributed by atoms with Crippen molar-refractivity contribution in [1.82, 2.24) is 10.2 Å². The van der Waals surface area contributed by atoms with E-state index in [1.165, 1.54) is 31.2 Å². The molecule has 3 aromatic carbocycles. The van der Waals surface area contributed by atoms with Crippen LogP contribution in [0.4, 0.5) is 18.9 Å². The molecule has 7 nitrogen and oxygen atoms in total. The van der Waals surface area contributed by atoms with E-state index in [9.17, 15) is 31.2 Å². The summed E-state index contributed by atoms with van der Waals surface area (Å²) in [6, 6.07) is 14.6. The Labute approximate surface area is 253 Å². The minimum atomic E-state index is -4.82. The molecule has 0 aromatic heterocycles. The van der Waals surface area contributed by atoms with E-state index in [0.29, 0.717) is 27.0 Å². The van der Waals surface area contributed by atoms with Crippen molar-refractivity contribution < 1.29 is 31.2 Å². The monoisotopic (exact) mass is 643 g/mol. The molecule has 0 bridgehead atoms. The molecule has 0 saturated carbocycles. The molecule has 42 heavy (non-hydrogen) atoms.